The zero-order chi connectivity index (χ0) is 18.8. The van der Waals surface area contributed by atoms with Crippen molar-refractivity contribution in [3.63, 3.8) is 0 Å². The van der Waals surface area contributed by atoms with Gasteiger partial charge in [0.1, 0.15) is 6.04 Å². The molecular formula is C18H34N2O3Si. The predicted molar refractivity (Wildman–Crippen MR) is 103 cm³/mol. The lowest BCUT2D eigenvalue weighted by Crippen LogP contribution is -2.40. The number of rotatable bonds is 8. The molecule has 0 heterocycles. The van der Waals surface area contributed by atoms with Crippen molar-refractivity contribution < 1.29 is 14.6 Å². The standard InChI is InChI=1S/C13H23NOSi.C5H11NO2/c1-15-11-14(12-16(2,3)4)10-13-8-6-5-7-9-13;1-3(2)4(6)5(7)8/h5-9H,10-12H2,1-4H3;3-4H,6H2,1-2H3,(H,7,8)/t;4-/m.0/s1. The summed E-state index contributed by atoms with van der Waals surface area (Å²) in [5.41, 5.74) is 6.52. The molecule has 1 atom stereocenters. The van der Waals surface area contributed by atoms with Crippen LogP contribution < -0.4 is 5.73 Å². The molecule has 0 radical (unpaired) electrons. The second-order valence-electron chi connectivity index (χ2n) is 7.56. The largest absolute Gasteiger partial charge is 0.480 e. The van der Waals surface area contributed by atoms with Gasteiger partial charge in [-0.2, -0.15) is 0 Å². The van der Waals surface area contributed by atoms with Crippen molar-refractivity contribution in [3.8, 4) is 0 Å². The molecule has 0 saturated heterocycles. The fraction of sp³-hybridized carbons (Fsp3) is 0.611. The van der Waals surface area contributed by atoms with Crippen LogP contribution in [0.15, 0.2) is 30.3 Å². The first-order valence-electron chi connectivity index (χ1n) is 8.30. The highest BCUT2D eigenvalue weighted by Crippen LogP contribution is 2.09. The van der Waals surface area contributed by atoms with Gasteiger partial charge in [-0.05, 0) is 17.6 Å². The molecule has 0 aliphatic heterocycles. The fourth-order valence-electron chi connectivity index (χ4n) is 2.13. The first-order chi connectivity index (χ1) is 11.1. The summed E-state index contributed by atoms with van der Waals surface area (Å²) in [5, 5.41) is 8.23. The van der Waals surface area contributed by atoms with Crippen molar-refractivity contribution in [1.29, 1.82) is 0 Å². The van der Waals surface area contributed by atoms with Crippen LogP contribution in [-0.4, -0.2) is 50.1 Å². The molecule has 0 bridgehead atoms. The zero-order valence-electron chi connectivity index (χ0n) is 16.0. The highest BCUT2D eigenvalue weighted by molar-refractivity contribution is 6.76. The quantitative estimate of drug-likeness (QED) is 0.554. The Morgan fingerprint density at radius 2 is 1.79 bits per heavy atom. The molecule has 0 unspecified atom stereocenters. The average molecular weight is 355 g/mol. The monoisotopic (exact) mass is 354 g/mol. The number of carboxylic acid groups (broad SMARTS) is 1. The molecule has 138 valence electrons. The van der Waals surface area contributed by atoms with Crippen LogP contribution in [0.2, 0.25) is 19.6 Å². The first-order valence-corrected chi connectivity index (χ1v) is 12.0. The average Bonchev–Trinajstić information content (AvgIpc) is 2.46. The Hall–Kier alpha value is -1.21. The number of nitrogens with zero attached hydrogens (tertiary/aromatic N) is 1. The summed E-state index contributed by atoms with van der Waals surface area (Å²) < 4.78 is 5.27. The predicted octanol–water partition coefficient (Wildman–Crippen LogP) is 3.02. The molecule has 0 fully saturated rings. The summed E-state index contributed by atoms with van der Waals surface area (Å²) in [6.45, 7) is 12.4. The smallest absolute Gasteiger partial charge is 0.320 e. The van der Waals surface area contributed by atoms with E-state index in [-0.39, 0.29) is 5.92 Å². The van der Waals surface area contributed by atoms with Crippen LogP contribution in [0.3, 0.4) is 0 Å². The molecule has 5 nitrogen and oxygen atoms in total. The Bertz CT molecular complexity index is 461. The lowest BCUT2D eigenvalue weighted by molar-refractivity contribution is -0.139. The molecule has 1 aromatic rings. The van der Waals surface area contributed by atoms with E-state index in [0.29, 0.717) is 0 Å². The molecule has 0 aliphatic carbocycles. The van der Waals surface area contributed by atoms with Crippen LogP contribution in [0.5, 0.6) is 0 Å². The number of hydrogen-bond donors (Lipinski definition) is 2. The lowest BCUT2D eigenvalue weighted by Gasteiger charge is -2.28. The molecule has 3 N–H and O–H groups in total. The van der Waals surface area contributed by atoms with Gasteiger partial charge in [-0.1, -0.05) is 63.8 Å². The Morgan fingerprint density at radius 1 is 1.25 bits per heavy atom. The SMILES string of the molecule is CC(C)[C@H](N)C(=O)O.COCN(Cc1ccccc1)C[Si](C)(C)C. The molecule has 0 amide bonds. The Morgan fingerprint density at radius 3 is 2.12 bits per heavy atom. The number of aliphatic carboxylic acids is 1. The number of carboxylic acids is 1. The molecule has 1 aromatic carbocycles. The number of benzene rings is 1. The van der Waals surface area contributed by atoms with E-state index in [9.17, 15) is 4.79 Å². The van der Waals surface area contributed by atoms with Gasteiger partial charge >= 0.3 is 5.97 Å². The fourth-order valence-corrected chi connectivity index (χ4v) is 3.67. The number of nitrogens with two attached hydrogens (primary N) is 1. The maximum Gasteiger partial charge on any atom is 0.320 e. The van der Waals surface area contributed by atoms with E-state index in [1.54, 1.807) is 21.0 Å². The summed E-state index contributed by atoms with van der Waals surface area (Å²) >= 11 is 0. The summed E-state index contributed by atoms with van der Waals surface area (Å²) in [6.07, 6.45) is 1.18. The number of ether oxygens (including phenoxy) is 1. The first kappa shape index (κ1) is 22.8. The van der Waals surface area contributed by atoms with Crippen molar-refractivity contribution in [1.82, 2.24) is 4.90 Å². The molecule has 0 aromatic heterocycles. The van der Waals surface area contributed by atoms with E-state index in [0.717, 1.165) is 13.3 Å². The Balaban J connectivity index is 0.000000561. The van der Waals surface area contributed by atoms with Gasteiger partial charge in [0.05, 0.1) is 14.8 Å². The summed E-state index contributed by atoms with van der Waals surface area (Å²) in [4.78, 5) is 12.4. The molecule has 1 rings (SSSR count). The van der Waals surface area contributed by atoms with E-state index >= 15 is 0 Å². The van der Waals surface area contributed by atoms with Crippen molar-refractivity contribution >= 4 is 14.0 Å². The third-order valence-electron chi connectivity index (χ3n) is 3.26. The van der Waals surface area contributed by atoms with Gasteiger partial charge in [0.2, 0.25) is 0 Å². The van der Waals surface area contributed by atoms with Gasteiger partial charge in [0, 0.05) is 13.7 Å². The van der Waals surface area contributed by atoms with Crippen LogP contribution in [0.4, 0.5) is 0 Å². The minimum absolute atomic E-state index is 0.0208. The zero-order valence-corrected chi connectivity index (χ0v) is 17.0. The van der Waals surface area contributed by atoms with Gasteiger partial charge in [0.25, 0.3) is 0 Å². The third kappa shape index (κ3) is 11.3. The topological polar surface area (TPSA) is 75.8 Å². The van der Waals surface area contributed by atoms with Crippen LogP contribution in [-0.2, 0) is 16.1 Å². The second-order valence-corrected chi connectivity index (χ2v) is 13.0. The van der Waals surface area contributed by atoms with Crippen molar-refractivity contribution in [2.45, 2.75) is 46.1 Å². The highest BCUT2D eigenvalue weighted by Gasteiger charge is 2.18. The molecule has 0 spiro atoms. The maximum absolute atomic E-state index is 10.0. The number of methoxy groups -OCH3 is 1. The van der Waals surface area contributed by atoms with Crippen LogP contribution >= 0.6 is 0 Å². The maximum atomic E-state index is 10.0. The van der Waals surface area contributed by atoms with Gasteiger partial charge in [-0.15, -0.1) is 0 Å². The summed E-state index contributed by atoms with van der Waals surface area (Å²) in [7, 11) is 0.701. The van der Waals surface area contributed by atoms with Gasteiger partial charge in [-0.25, -0.2) is 0 Å². The van der Waals surface area contributed by atoms with Crippen LogP contribution in [0, 0.1) is 5.92 Å². The van der Waals surface area contributed by atoms with Crippen LogP contribution in [0.1, 0.15) is 19.4 Å². The Labute approximate surface area is 147 Å². The number of hydrogen-bond acceptors (Lipinski definition) is 4. The number of carbonyl (C=O) groups is 1. The molecule has 24 heavy (non-hydrogen) atoms. The summed E-state index contributed by atoms with van der Waals surface area (Å²) in [5.74, 6) is -0.910. The van der Waals surface area contributed by atoms with Crippen molar-refractivity contribution in [3.05, 3.63) is 35.9 Å². The van der Waals surface area contributed by atoms with Gasteiger partial charge < -0.3 is 15.6 Å². The third-order valence-corrected chi connectivity index (χ3v) is 4.66. The minimum Gasteiger partial charge on any atom is -0.480 e. The molecule has 6 heteroatoms. The van der Waals surface area contributed by atoms with E-state index in [2.05, 4.69) is 54.9 Å². The molecular weight excluding hydrogens is 320 g/mol. The molecule has 0 saturated carbocycles. The van der Waals surface area contributed by atoms with Gasteiger partial charge in [-0.3, -0.25) is 9.69 Å². The second kappa shape index (κ2) is 11.4. The van der Waals surface area contributed by atoms with Gasteiger partial charge in [0.15, 0.2) is 0 Å². The van der Waals surface area contributed by atoms with E-state index < -0.39 is 20.1 Å². The highest BCUT2D eigenvalue weighted by atomic mass is 28.3. The van der Waals surface area contributed by atoms with E-state index in [1.165, 1.54) is 11.7 Å². The van der Waals surface area contributed by atoms with Crippen molar-refractivity contribution in [2.24, 2.45) is 11.7 Å². The van der Waals surface area contributed by atoms with Crippen molar-refractivity contribution in [2.75, 3.05) is 20.0 Å². The van der Waals surface area contributed by atoms with E-state index in [1.807, 2.05) is 0 Å². The van der Waals surface area contributed by atoms with Crippen LogP contribution in [0.25, 0.3) is 0 Å². The summed E-state index contributed by atoms with van der Waals surface area (Å²) in [6, 6.07) is 9.88. The molecule has 0 aliphatic rings. The Kier molecular flexibility index (Phi) is 10.8. The lowest BCUT2D eigenvalue weighted by atomic mass is 10.1. The van der Waals surface area contributed by atoms with E-state index in [4.69, 9.17) is 15.6 Å². The minimum atomic E-state index is -1.07. The normalized spacial score (nSPS) is 12.7.